The molecule has 3 rings (SSSR count). The van der Waals surface area contributed by atoms with Gasteiger partial charge in [-0.15, -0.1) is 0 Å². The molecule has 0 aromatic heterocycles. The van der Waals surface area contributed by atoms with Gasteiger partial charge in [0, 0.05) is 30.9 Å². The molecule has 2 saturated heterocycles. The summed E-state index contributed by atoms with van der Waals surface area (Å²) in [4.78, 5) is 26.7. The predicted octanol–water partition coefficient (Wildman–Crippen LogP) is 3.39. The fourth-order valence-corrected chi connectivity index (χ4v) is 3.62. The van der Waals surface area contributed by atoms with Crippen molar-refractivity contribution in [1.29, 1.82) is 0 Å². The Kier molecular flexibility index (Phi) is 6.50. The molecule has 1 aromatic rings. The molecule has 2 atom stereocenters. The molecule has 2 aliphatic heterocycles. The Bertz CT molecular complexity index is 603. The van der Waals surface area contributed by atoms with Crippen molar-refractivity contribution in [2.45, 2.75) is 57.6 Å². The van der Waals surface area contributed by atoms with Crippen LogP contribution < -0.4 is 10.6 Å². The lowest BCUT2D eigenvalue weighted by atomic mass is 10.1. The van der Waals surface area contributed by atoms with E-state index >= 15 is 0 Å². The van der Waals surface area contributed by atoms with E-state index < -0.39 is 0 Å². The first-order valence-electron chi connectivity index (χ1n) is 9.72. The number of nitrogens with one attached hydrogen (secondary N) is 2. The van der Waals surface area contributed by atoms with Crippen LogP contribution in [0.25, 0.3) is 0 Å². The molecular formula is C20H29N3O3. The van der Waals surface area contributed by atoms with Gasteiger partial charge < -0.3 is 20.3 Å². The quantitative estimate of drug-likeness (QED) is 0.866. The van der Waals surface area contributed by atoms with Gasteiger partial charge in [0.2, 0.25) is 0 Å². The van der Waals surface area contributed by atoms with Crippen LogP contribution in [0.15, 0.2) is 24.3 Å². The zero-order chi connectivity index (χ0) is 18.4. The number of likely N-dealkylation sites (tertiary alicyclic amines) is 1. The van der Waals surface area contributed by atoms with Gasteiger partial charge in [-0.05, 0) is 56.9 Å². The molecule has 0 spiro atoms. The fraction of sp³-hybridized carbons (Fsp3) is 0.600. The minimum Gasteiger partial charge on any atom is -0.376 e. The predicted molar refractivity (Wildman–Crippen MR) is 101 cm³/mol. The number of anilines is 1. The molecule has 0 saturated carbocycles. The monoisotopic (exact) mass is 359 g/mol. The molecule has 2 heterocycles. The van der Waals surface area contributed by atoms with Gasteiger partial charge in [-0.1, -0.05) is 12.8 Å². The lowest BCUT2D eigenvalue weighted by Crippen LogP contribution is -2.42. The summed E-state index contributed by atoms with van der Waals surface area (Å²) < 4.78 is 5.59. The molecule has 2 unspecified atom stereocenters. The third-order valence-corrected chi connectivity index (χ3v) is 5.16. The minimum absolute atomic E-state index is 0.0265. The second kappa shape index (κ2) is 9.03. The fourth-order valence-electron chi connectivity index (χ4n) is 3.62. The Hall–Kier alpha value is -2.08. The number of urea groups is 1. The van der Waals surface area contributed by atoms with Crippen molar-refractivity contribution < 1.29 is 14.3 Å². The van der Waals surface area contributed by atoms with E-state index in [1.807, 2.05) is 11.8 Å². The summed E-state index contributed by atoms with van der Waals surface area (Å²) in [6, 6.07) is 6.85. The summed E-state index contributed by atoms with van der Waals surface area (Å²) >= 11 is 0. The van der Waals surface area contributed by atoms with Gasteiger partial charge in [0.15, 0.2) is 0 Å². The van der Waals surface area contributed by atoms with Crippen molar-refractivity contribution in [3.63, 3.8) is 0 Å². The number of rotatable bonds is 4. The average Bonchev–Trinajstić information content (AvgIpc) is 3.05. The Labute approximate surface area is 155 Å². The van der Waals surface area contributed by atoms with E-state index in [1.165, 1.54) is 12.8 Å². The number of carbonyl (C=O) groups excluding carboxylic acids is 2. The van der Waals surface area contributed by atoms with Crippen LogP contribution in [0.4, 0.5) is 10.5 Å². The van der Waals surface area contributed by atoms with E-state index in [0.717, 1.165) is 45.4 Å². The molecule has 26 heavy (non-hydrogen) atoms. The molecule has 1 aromatic carbocycles. The molecule has 0 radical (unpaired) electrons. The van der Waals surface area contributed by atoms with Crippen molar-refractivity contribution in [3.05, 3.63) is 29.8 Å². The van der Waals surface area contributed by atoms with Crippen LogP contribution in [0, 0.1) is 0 Å². The Morgan fingerprint density at radius 1 is 1.08 bits per heavy atom. The van der Waals surface area contributed by atoms with Gasteiger partial charge in [-0.3, -0.25) is 4.79 Å². The molecule has 0 bridgehead atoms. The van der Waals surface area contributed by atoms with Gasteiger partial charge in [0.25, 0.3) is 5.91 Å². The molecule has 6 heteroatoms. The molecule has 142 valence electrons. The Morgan fingerprint density at radius 2 is 1.77 bits per heavy atom. The summed E-state index contributed by atoms with van der Waals surface area (Å²) in [5.41, 5.74) is 1.35. The first-order chi connectivity index (χ1) is 12.6. The van der Waals surface area contributed by atoms with E-state index in [1.54, 1.807) is 24.3 Å². The van der Waals surface area contributed by atoms with Gasteiger partial charge >= 0.3 is 6.03 Å². The molecule has 2 N–H and O–H groups in total. The second-order valence-corrected chi connectivity index (χ2v) is 7.22. The van der Waals surface area contributed by atoms with Crippen molar-refractivity contribution in [2.75, 3.05) is 25.0 Å². The first kappa shape index (κ1) is 18.7. The zero-order valence-corrected chi connectivity index (χ0v) is 15.5. The molecule has 2 aliphatic rings. The normalized spacial score (nSPS) is 21.7. The lowest BCUT2D eigenvalue weighted by molar-refractivity contribution is 0.0761. The molecule has 0 aliphatic carbocycles. The smallest absolute Gasteiger partial charge is 0.319 e. The van der Waals surface area contributed by atoms with E-state index in [-0.39, 0.29) is 24.1 Å². The number of ether oxygens (including phenoxy) is 1. The highest BCUT2D eigenvalue weighted by Crippen LogP contribution is 2.17. The highest BCUT2D eigenvalue weighted by Gasteiger charge is 2.23. The van der Waals surface area contributed by atoms with E-state index in [2.05, 4.69) is 10.6 Å². The summed E-state index contributed by atoms with van der Waals surface area (Å²) in [6.07, 6.45) is 6.68. The highest BCUT2D eigenvalue weighted by atomic mass is 16.5. The van der Waals surface area contributed by atoms with Crippen molar-refractivity contribution >= 4 is 17.6 Å². The minimum atomic E-state index is -0.250. The number of nitrogens with zero attached hydrogens (tertiary/aromatic N) is 1. The standard InChI is InChI=1S/C20H29N3O3/c1-15(18-7-6-14-26-18)21-20(25)22-17-10-8-16(9-11-17)19(24)23-12-4-2-3-5-13-23/h8-11,15,18H,2-7,12-14H2,1H3,(H2,21,22,25). The Balaban J connectivity index is 1.51. The zero-order valence-electron chi connectivity index (χ0n) is 15.5. The summed E-state index contributed by atoms with van der Waals surface area (Å²) in [6.45, 7) is 4.40. The first-order valence-corrected chi connectivity index (χ1v) is 9.72. The van der Waals surface area contributed by atoms with Crippen LogP contribution >= 0.6 is 0 Å². The largest absolute Gasteiger partial charge is 0.376 e. The van der Waals surface area contributed by atoms with E-state index in [4.69, 9.17) is 4.74 Å². The van der Waals surface area contributed by atoms with Crippen molar-refractivity contribution in [2.24, 2.45) is 0 Å². The average molecular weight is 359 g/mol. The number of carbonyl (C=O) groups is 2. The molecular weight excluding hydrogens is 330 g/mol. The van der Waals surface area contributed by atoms with Gasteiger partial charge in [-0.25, -0.2) is 4.79 Å². The van der Waals surface area contributed by atoms with Crippen LogP contribution in [0.1, 0.15) is 55.8 Å². The molecule has 6 nitrogen and oxygen atoms in total. The van der Waals surface area contributed by atoms with E-state index in [0.29, 0.717) is 11.3 Å². The molecule has 3 amide bonds. The maximum absolute atomic E-state index is 12.6. The van der Waals surface area contributed by atoms with Crippen LogP contribution in [-0.4, -0.2) is 48.7 Å². The topological polar surface area (TPSA) is 70.7 Å². The Morgan fingerprint density at radius 3 is 2.38 bits per heavy atom. The second-order valence-electron chi connectivity index (χ2n) is 7.22. The number of hydrogen-bond acceptors (Lipinski definition) is 3. The summed E-state index contributed by atoms with van der Waals surface area (Å²) in [5, 5.41) is 5.74. The number of hydrogen-bond donors (Lipinski definition) is 2. The molecule has 2 fully saturated rings. The maximum atomic E-state index is 12.6. The van der Waals surface area contributed by atoms with Gasteiger partial charge in [0.05, 0.1) is 12.1 Å². The maximum Gasteiger partial charge on any atom is 0.319 e. The number of benzene rings is 1. The third kappa shape index (κ3) is 4.97. The van der Waals surface area contributed by atoms with Crippen LogP contribution in [0.5, 0.6) is 0 Å². The van der Waals surface area contributed by atoms with Gasteiger partial charge in [-0.2, -0.15) is 0 Å². The van der Waals surface area contributed by atoms with E-state index in [9.17, 15) is 9.59 Å². The summed E-state index contributed by atoms with van der Waals surface area (Å²) in [5.74, 6) is 0.0786. The van der Waals surface area contributed by atoms with Crippen LogP contribution in [-0.2, 0) is 4.74 Å². The SMILES string of the molecule is CC(NC(=O)Nc1ccc(C(=O)N2CCCCCC2)cc1)C1CCCO1. The van der Waals surface area contributed by atoms with Crippen molar-refractivity contribution in [3.8, 4) is 0 Å². The highest BCUT2D eigenvalue weighted by molar-refractivity contribution is 5.95. The van der Waals surface area contributed by atoms with Crippen LogP contribution in [0.3, 0.4) is 0 Å². The summed E-state index contributed by atoms with van der Waals surface area (Å²) in [7, 11) is 0. The third-order valence-electron chi connectivity index (χ3n) is 5.16. The van der Waals surface area contributed by atoms with Crippen molar-refractivity contribution in [1.82, 2.24) is 10.2 Å². The van der Waals surface area contributed by atoms with Crippen LogP contribution in [0.2, 0.25) is 0 Å². The lowest BCUT2D eigenvalue weighted by Gasteiger charge is -2.21. The van der Waals surface area contributed by atoms with Gasteiger partial charge in [0.1, 0.15) is 0 Å². The number of amides is 3.